The number of alkyl halides is 1. The number of thioether (sulfide) groups is 1. The maximum Gasteiger partial charge on any atom is 0.351 e. The Bertz CT molecular complexity index is 384. The molecule has 1 rings (SSSR count). The Kier molecular flexibility index (Phi) is 4.61. The summed E-state index contributed by atoms with van der Waals surface area (Å²) in [6, 6.07) is 5.25. The van der Waals surface area contributed by atoms with Crippen molar-refractivity contribution in [2.24, 2.45) is 0 Å². The van der Waals surface area contributed by atoms with Gasteiger partial charge in [0.1, 0.15) is 0 Å². The van der Waals surface area contributed by atoms with Crippen LogP contribution in [-0.4, -0.2) is 18.1 Å². The second-order valence-corrected chi connectivity index (χ2v) is 4.32. The Labute approximate surface area is 98.2 Å². The maximum atomic E-state index is 13.4. The van der Waals surface area contributed by atoms with Crippen molar-refractivity contribution in [2.45, 2.75) is 24.2 Å². The Balaban J connectivity index is 2.69. The van der Waals surface area contributed by atoms with Crippen LogP contribution in [-0.2, 0) is 9.53 Å². The number of ether oxygens (including phenoxy) is 1. The van der Waals surface area contributed by atoms with Crippen molar-refractivity contribution in [1.82, 2.24) is 0 Å². The number of anilines is 1. The van der Waals surface area contributed by atoms with E-state index in [0.29, 0.717) is 10.6 Å². The molecule has 0 saturated carbocycles. The maximum absolute atomic E-state index is 13.4. The molecule has 1 aromatic rings. The van der Waals surface area contributed by atoms with Gasteiger partial charge in [0.05, 0.1) is 6.61 Å². The molecule has 3 nitrogen and oxygen atoms in total. The second-order valence-electron chi connectivity index (χ2n) is 3.23. The lowest BCUT2D eigenvalue weighted by molar-refractivity contribution is -0.145. The van der Waals surface area contributed by atoms with Crippen LogP contribution in [0.3, 0.4) is 0 Å². The SMILES string of the molecule is CCOC(=O)C(F)Sc1ccc(C)cc1N. The third-order valence-corrected chi connectivity index (χ3v) is 2.89. The topological polar surface area (TPSA) is 52.3 Å². The van der Waals surface area contributed by atoms with Crippen molar-refractivity contribution >= 4 is 23.4 Å². The number of carbonyl (C=O) groups excluding carboxylic acids is 1. The molecule has 5 heteroatoms. The zero-order chi connectivity index (χ0) is 12.1. The molecule has 16 heavy (non-hydrogen) atoms. The molecule has 0 heterocycles. The van der Waals surface area contributed by atoms with Crippen LogP contribution in [0.15, 0.2) is 23.1 Å². The first-order valence-corrected chi connectivity index (χ1v) is 5.76. The highest BCUT2D eigenvalue weighted by atomic mass is 32.2. The number of halogens is 1. The van der Waals surface area contributed by atoms with Crippen LogP contribution in [0.4, 0.5) is 10.1 Å². The van der Waals surface area contributed by atoms with E-state index >= 15 is 0 Å². The average Bonchev–Trinajstić information content (AvgIpc) is 2.22. The Morgan fingerprint density at radius 2 is 2.31 bits per heavy atom. The summed E-state index contributed by atoms with van der Waals surface area (Å²) >= 11 is 0.761. The van der Waals surface area contributed by atoms with Gasteiger partial charge in [0.2, 0.25) is 5.50 Å². The average molecular weight is 243 g/mol. The lowest BCUT2D eigenvalue weighted by Gasteiger charge is -2.09. The number of nitrogen functional groups attached to an aromatic ring is 1. The molecule has 0 aliphatic rings. The smallest absolute Gasteiger partial charge is 0.351 e. The molecule has 0 fully saturated rings. The first-order chi connectivity index (χ1) is 7.54. The number of benzene rings is 1. The number of nitrogens with two attached hydrogens (primary N) is 1. The van der Waals surface area contributed by atoms with Crippen LogP contribution in [0.1, 0.15) is 12.5 Å². The highest BCUT2D eigenvalue weighted by Crippen LogP contribution is 2.30. The fourth-order valence-electron chi connectivity index (χ4n) is 1.14. The highest BCUT2D eigenvalue weighted by Gasteiger charge is 2.20. The van der Waals surface area contributed by atoms with Gasteiger partial charge in [0.15, 0.2) is 0 Å². The normalized spacial score (nSPS) is 12.2. The molecule has 1 aromatic carbocycles. The summed E-state index contributed by atoms with van der Waals surface area (Å²) in [6.07, 6.45) is 0. The number of esters is 1. The second kappa shape index (κ2) is 5.75. The van der Waals surface area contributed by atoms with Gasteiger partial charge in [-0.3, -0.25) is 0 Å². The molecule has 0 spiro atoms. The predicted molar refractivity (Wildman–Crippen MR) is 63.0 cm³/mol. The Morgan fingerprint density at radius 3 is 2.88 bits per heavy atom. The van der Waals surface area contributed by atoms with Gasteiger partial charge in [-0.2, -0.15) is 0 Å². The van der Waals surface area contributed by atoms with E-state index in [1.54, 1.807) is 19.1 Å². The van der Waals surface area contributed by atoms with E-state index < -0.39 is 11.5 Å². The summed E-state index contributed by atoms with van der Waals surface area (Å²) in [5, 5.41) is 0. The minimum Gasteiger partial charge on any atom is -0.463 e. The third kappa shape index (κ3) is 3.41. The molecule has 0 saturated heterocycles. The van der Waals surface area contributed by atoms with E-state index in [9.17, 15) is 9.18 Å². The van der Waals surface area contributed by atoms with Gasteiger partial charge in [0, 0.05) is 10.6 Å². The van der Waals surface area contributed by atoms with E-state index in [2.05, 4.69) is 4.74 Å². The van der Waals surface area contributed by atoms with Crippen LogP contribution >= 0.6 is 11.8 Å². The largest absolute Gasteiger partial charge is 0.463 e. The van der Waals surface area contributed by atoms with E-state index in [4.69, 9.17) is 5.73 Å². The van der Waals surface area contributed by atoms with E-state index in [0.717, 1.165) is 17.3 Å². The summed E-state index contributed by atoms with van der Waals surface area (Å²) in [4.78, 5) is 11.6. The van der Waals surface area contributed by atoms with Crippen molar-refractivity contribution in [1.29, 1.82) is 0 Å². The van der Waals surface area contributed by atoms with Gasteiger partial charge < -0.3 is 10.5 Å². The number of hydrogen-bond donors (Lipinski definition) is 1. The van der Waals surface area contributed by atoms with E-state index in [-0.39, 0.29) is 6.61 Å². The fourth-order valence-corrected chi connectivity index (χ4v) is 1.87. The van der Waals surface area contributed by atoms with Crippen molar-refractivity contribution in [3.63, 3.8) is 0 Å². The molecular formula is C11H14FNO2S. The monoisotopic (exact) mass is 243 g/mol. The van der Waals surface area contributed by atoms with Crippen LogP contribution < -0.4 is 5.73 Å². The van der Waals surface area contributed by atoms with Crippen molar-refractivity contribution in [3.8, 4) is 0 Å². The number of rotatable bonds is 4. The van der Waals surface area contributed by atoms with Crippen LogP contribution in [0.25, 0.3) is 0 Å². The Morgan fingerprint density at radius 1 is 1.62 bits per heavy atom. The minimum atomic E-state index is -1.73. The standard InChI is InChI=1S/C11H14FNO2S/c1-3-15-11(14)10(12)16-9-5-4-7(2)6-8(9)13/h4-6,10H,3,13H2,1-2H3. The summed E-state index contributed by atoms with van der Waals surface area (Å²) in [5.74, 6) is -0.868. The lowest BCUT2D eigenvalue weighted by Crippen LogP contribution is -2.15. The third-order valence-electron chi connectivity index (χ3n) is 1.87. The number of aryl methyl sites for hydroxylation is 1. The molecule has 0 aromatic heterocycles. The summed E-state index contributed by atoms with van der Waals surface area (Å²) < 4.78 is 17.9. The van der Waals surface area contributed by atoms with Crippen LogP contribution in [0.2, 0.25) is 0 Å². The molecule has 0 aliphatic heterocycles. The Hall–Kier alpha value is -1.23. The van der Waals surface area contributed by atoms with Crippen molar-refractivity contribution < 1.29 is 13.9 Å². The van der Waals surface area contributed by atoms with Gasteiger partial charge in [-0.1, -0.05) is 17.8 Å². The molecule has 0 bridgehead atoms. The number of hydrogen-bond acceptors (Lipinski definition) is 4. The number of carbonyl (C=O) groups is 1. The minimum absolute atomic E-state index is 0.170. The van der Waals surface area contributed by atoms with Gasteiger partial charge >= 0.3 is 5.97 Å². The lowest BCUT2D eigenvalue weighted by atomic mass is 10.2. The molecular weight excluding hydrogens is 229 g/mol. The zero-order valence-corrected chi connectivity index (χ0v) is 10.0. The van der Waals surface area contributed by atoms with E-state index in [1.165, 1.54) is 0 Å². The van der Waals surface area contributed by atoms with Crippen LogP contribution in [0, 0.1) is 6.92 Å². The summed E-state index contributed by atoms with van der Waals surface area (Å²) in [5.41, 5.74) is 5.44. The molecule has 0 radical (unpaired) electrons. The molecule has 88 valence electrons. The van der Waals surface area contributed by atoms with Crippen molar-refractivity contribution in [2.75, 3.05) is 12.3 Å². The predicted octanol–water partition coefficient (Wildman–Crippen LogP) is 2.53. The molecule has 0 amide bonds. The van der Waals surface area contributed by atoms with Crippen molar-refractivity contribution in [3.05, 3.63) is 23.8 Å². The molecule has 1 unspecified atom stereocenters. The summed E-state index contributed by atoms with van der Waals surface area (Å²) in [6.45, 7) is 3.70. The zero-order valence-electron chi connectivity index (χ0n) is 9.20. The quantitative estimate of drug-likeness (QED) is 0.501. The first kappa shape index (κ1) is 12.8. The van der Waals surface area contributed by atoms with E-state index in [1.807, 2.05) is 13.0 Å². The van der Waals surface area contributed by atoms with Gasteiger partial charge in [-0.05, 0) is 31.5 Å². The fraction of sp³-hybridized carbons (Fsp3) is 0.364. The molecule has 1 atom stereocenters. The highest BCUT2D eigenvalue weighted by molar-refractivity contribution is 8.00. The van der Waals surface area contributed by atoms with Gasteiger partial charge in [-0.25, -0.2) is 9.18 Å². The summed E-state index contributed by atoms with van der Waals surface area (Å²) in [7, 11) is 0. The molecule has 0 aliphatic carbocycles. The van der Waals surface area contributed by atoms with Gasteiger partial charge in [0.25, 0.3) is 0 Å². The first-order valence-electron chi connectivity index (χ1n) is 4.88. The van der Waals surface area contributed by atoms with Crippen LogP contribution in [0.5, 0.6) is 0 Å². The molecule has 2 N–H and O–H groups in total. The van der Waals surface area contributed by atoms with Gasteiger partial charge in [-0.15, -0.1) is 0 Å².